The third-order valence-electron chi connectivity index (χ3n) is 2.77. The number of fused-ring (bicyclic) bond motifs is 1. The highest BCUT2D eigenvalue weighted by Gasteiger charge is 2.14. The molecule has 0 atom stereocenters. The summed E-state index contributed by atoms with van der Waals surface area (Å²) in [6.07, 6.45) is 0. The summed E-state index contributed by atoms with van der Waals surface area (Å²) < 4.78 is 37.1. The minimum atomic E-state index is -4.33. The van der Waals surface area contributed by atoms with Crippen LogP contribution in [0.4, 0.5) is 0 Å². The van der Waals surface area contributed by atoms with E-state index in [-0.39, 0.29) is 23.0 Å². The number of hydrogen-bond acceptors (Lipinski definition) is 4. The minimum absolute atomic E-state index is 0.155. The van der Waals surface area contributed by atoms with E-state index in [9.17, 15) is 13.2 Å². The first-order valence-electron chi connectivity index (χ1n) is 5.91. The van der Waals surface area contributed by atoms with E-state index >= 15 is 0 Å². The monoisotopic (exact) mass is 294 g/mol. The highest BCUT2D eigenvalue weighted by atomic mass is 32.2. The van der Waals surface area contributed by atoms with Crippen molar-refractivity contribution in [3.63, 3.8) is 0 Å². The lowest BCUT2D eigenvalue weighted by molar-refractivity contribution is -0.118. The highest BCUT2D eigenvalue weighted by Crippen LogP contribution is 2.30. The number of aryl methyl sites for hydroxylation is 1. The first-order valence-corrected chi connectivity index (χ1v) is 7.35. The number of hydrogen-bond donors (Lipinski definition) is 1. The van der Waals surface area contributed by atoms with Crippen molar-refractivity contribution in [3.8, 4) is 5.75 Å². The van der Waals surface area contributed by atoms with Crippen LogP contribution in [0.1, 0.15) is 12.5 Å². The summed E-state index contributed by atoms with van der Waals surface area (Å²) in [7, 11) is -4.33. The number of rotatable bonds is 4. The van der Waals surface area contributed by atoms with Gasteiger partial charge in [-0.25, -0.2) is 0 Å². The normalized spacial score (nSPS) is 11.6. The van der Waals surface area contributed by atoms with Crippen LogP contribution in [0, 0.1) is 6.92 Å². The van der Waals surface area contributed by atoms with Crippen LogP contribution in [0.25, 0.3) is 10.8 Å². The Hall–Kier alpha value is -1.92. The van der Waals surface area contributed by atoms with Gasteiger partial charge < -0.3 is 4.74 Å². The van der Waals surface area contributed by atoms with Crippen LogP contribution in [0.5, 0.6) is 5.75 Å². The van der Waals surface area contributed by atoms with Crippen LogP contribution in [-0.4, -0.2) is 25.4 Å². The SMILES string of the molecule is CC(=O)COc1cc(S(=O)(=O)O)cc2cc(C)ccc12. The van der Waals surface area contributed by atoms with Gasteiger partial charge in [0.05, 0.1) is 4.90 Å². The molecule has 0 saturated carbocycles. The molecule has 0 saturated heterocycles. The number of benzene rings is 2. The minimum Gasteiger partial charge on any atom is -0.485 e. The predicted octanol–water partition coefficient (Wildman–Crippen LogP) is 2.36. The summed E-state index contributed by atoms with van der Waals surface area (Å²) in [5.74, 6) is 0.0767. The van der Waals surface area contributed by atoms with E-state index in [2.05, 4.69) is 0 Å². The van der Waals surface area contributed by atoms with Gasteiger partial charge in [-0.15, -0.1) is 0 Å². The molecular weight excluding hydrogens is 280 g/mol. The molecule has 0 heterocycles. The van der Waals surface area contributed by atoms with Crippen LogP contribution >= 0.6 is 0 Å². The standard InChI is InChI=1S/C14H14O5S/c1-9-3-4-13-11(5-9)6-12(20(16,17)18)7-14(13)19-8-10(2)15/h3-7H,8H2,1-2H3,(H,16,17,18). The van der Waals surface area contributed by atoms with Gasteiger partial charge in [0.15, 0.2) is 5.78 Å². The van der Waals surface area contributed by atoms with E-state index in [1.54, 1.807) is 12.1 Å². The second-order valence-corrected chi connectivity index (χ2v) is 6.03. The molecule has 106 valence electrons. The Kier molecular flexibility index (Phi) is 3.78. The van der Waals surface area contributed by atoms with Gasteiger partial charge in [-0.05, 0) is 25.3 Å². The Morgan fingerprint density at radius 2 is 1.95 bits per heavy atom. The van der Waals surface area contributed by atoms with Crippen molar-refractivity contribution in [2.24, 2.45) is 0 Å². The van der Waals surface area contributed by atoms with Crippen LogP contribution in [-0.2, 0) is 14.9 Å². The summed E-state index contributed by atoms with van der Waals surface area (Å²) >= 11 is 0. The molecule has 20 heavy (non-hydrogen) atoms. The molecule has 5 nitrogen and oxygen atoms in total. The second-order valence-electron chi connectivity index (χ2n) is 4.61. The summed E-state index contributed by atoms with van der Waals surface area (Å²) in [5, 5.41) is 1.31. The number of carbonyl (C=O) groups is 1. The van der Waals surface area contributed by atoms with Gasteiger partial charge >= 0.3 is 0 Å². The zero-order valence-electron chi connectivity index (χ0n) is 11.1. The Morgan fingerprint density at radius 3 is 2.55 bits per heavy atom. The van der Waals surface area contributed by atoms with E-state index in [0.29, 0.717) is 10.8 Å². The van der Waals surface area contributed by atoms with Crippen molar-refractivity contribution in [2.75, 3.05) is 6.61 Å². The first kappa shape index (κ1) is 14.5. The van der Waals surface area contributed by atoms with E-state index in [0.717, 1.165) is 5.56 Å². The van der Waals surface area contributed by atoms with Crippen molar-refractivity contribution in [1.29, 1.82) is 0 Å². The summed E-state index contributed by atoms with van der Waals surface area (Å²) in [4.78, 5) is 10.7. The largest absolute Gasteiger partial charge is 0.485 e. The molecule has 0 aliphatic heterocycles. The van der Waals surface area contributed by atoms with Crippen molar-refractivity contribution in [2.45, 2.75) is 18.7 Å². The number of ether oxygens (including phenoxy) is 1. The zero-order valence-corrected chi connectivity index (χ0v) is 11.9. The Labute approximate surface area is 116 Å². The molecule has 1 N–H and O–H groups in total. The third-order valence-corrected chi connectivity index (χ3v) is 3.60. The molecule has 0 unspecified atom stereocenters. The zero-order chi connectivity index (χ0) is 14.9. The smallest absolute Gasteiger partial charge is 0.294 e. The molecule has 6 heteroatoms. The third kappa shape index (κ3) is 3.15. The van der Waals surface area contributed by atoms with Crippen LogP contribution in [0.15, 0.2) is 35.2 Å². The highest BCUT2D eigenvalue weighted by molar-refractivity contribution is 7.85. The molecule has 0 radical (unpaired) electrons. The Balaban J connectivity index is 2.66. The van der Waals surface area contributed by atoms with Crippen molar-refractivity contribution in [3.05, 3.63) is 35.9 Å². The second kappa shape index (κ2) is 5.22. The average Bonchev–Trinajstić information content (AvgIpc) is 2.33. The molecule has 2 rings (SSSR count). The van der Waals surface area contributed by atoms with Crippen LogP contribution < -0.4 is 4.74 Å². The Morgan fingerprint density at radius 1 is 1.25 bits per heavy atom. The summed E-state index contributed by atoms with van der Waals surface area (Å²) in [5.41, 5.74) is 0.947. The van der Waals surface area contributed by atoms with Gasteiger partial charge in [0.1, 0.15) is 12.4 Å². The fraction of sp³-hybridized carbons (Fsp3) is 0.214. The van der Waals surface area contributed by atoms with E-state index in [1.807, 2.05) is 13.0 Å². The van der Waals surface area contributed by atoms with Gasteiger partial charge in [-0.3, -0.25) is 9.35 Å². The molecule has 2 aromatic carbocycles. The summed E-state index contributed by atoms with van der Waals surface area (Å²) in [6.45, 7) is 3.09. The molecule has 0 amide bonds. The first-order chi connectivity index (χ1) is 9.27. The van der Waals surface area contributed by atoms with Gasteiger partial charge in [-0.1, -0.05) is 23.8 Å². The van der Waals surface area contributed by atoms with Crippen LogP contribution in [0.3, 0.4) is 0 Å². The maximum atomic E-state index is 11.3. The number of ketones is 1. The number of Topliss-reactive ketones (excluding diaryl/α,β-unsaturated/α-hetero) is 1. The van der Waals surface area contributed by atoms with E-state index < -0.39 is 10.1 Å². The van der Waals surface area contributed by atoms with E-state index in [1.165, 1.54) is 19.1 Å². The molecule has 0 aliphatic carbocycles. The molecule has 0 aromatic heterocycles. The van der Waals surface area contributed by atoms with Gasteiger partial charge in [0.2, 0.25) is 0 Å². The van der Waals surface area contributed by atoms with Gasteiger partial charge in [0.25, 0.3) is 10.1 Å². The average molecular weight is 294 g/mol. The van der Waals surface area contributed by atoms with E-state index in [4.69, 9.17) is 9.29 Å². The summed E-state index contributed by atoms with van der Waals surface area (Å²) in [6, 6.07) is 8.02. The quantitative estimate of drug-likeness (QED) is 0.875. The van der Waals surface area contributed by atoms with Crippen LogP contribution in [0.2, 0.25) is 0 Å². The van der Waals surface area contributed by atoms with Gasteiger partial charge in [0, 0.05) is 11.5 Å². The van der Waals surface area contributed by atoms with Crippen molar-refractivity contribution >= 4 is 26.7 Å². The fourth-order valence-corrected chi connectivity index (χ4v) is 2.41. The lowest BCUT2D eigenvalue weighted by Gasteiger charge is -2.10. The molecule has 0 fully saturated rings. The fourth-order valence-electron chi connectivity index (χ4n) is 1.88. The predicted molar refractivity (Wildman–Crippen MR) is 74.7 cm³/mol. The molecule has 0 spiro atoms. The van der Waals surface area contributed by atoms with Crippen molar-refractivity contribution < 1.29 is 22.5 Å². The Bertz CT molecular complexity index is 777. The number of carbonyl (C=O) groups excluding carboxylic acids is 1. The lowest BCUT2D eigenvalue weighted by atomic mass is 10.1. The molecule has 0 aliphatic rings. The molecule has 0 bridgehead atoms. The van der Waals surface area contributed by atoms with Crippen molar-refractivity contribution in [1.82, 2.24) is 0 Å². The van der Waals surface area contributed by atoms with Gasteiger partial charge in [-0.2, -0.15) is 8.42 Å². The maximum absolute atomic E-state index is 11.3. The maximum Gasteiger partial charge on any atom is 0.294 e. The topological polar surface area (TPSA) is 80.7 Å². The molecular formula is C14H14O5S. The molecule has 2 aromatic rings. The lowest BCUT2D eigenvalue weighted by Crippen LogP contribution is -2.08.